The number of nitrogens with one attached hydrogen (secondary N) is 1. The summed E-state index contributed by atoms with van der Waals surface area (Å²) in [5, 5.41) is 8.98. The zero-order chi connectivity index (χ0) is 17.9. The Labute approximate surface area is 156 Å². The van der Waals surface area contributed by atoms with Crippen molar-refractivity contribution in [2.45, 2.75) is 26.2 Å². The number of imidazole rings is 1. The number of rotatable bonds is 6. The van der Waals surface area contributed by atoms with Crippen molar-refractivity contribution in [3.8, 4) is 11.3 Å². The Bertz CT molecular complexity index is 986. The molecule has 0 aliphatic rings. The highest BCUT2D eigenvalue weighted by molar-refractivity contribution is 7.20. The van der Waals surface area contributed by atoms with Crippen molar-refractivity contribution in [1.29, 1.82) is 0 Å². The molecule has 6 heteroatoms. The molecule has 0 radical (unpaired) electrons. The molecule has 1 aromatic carbocycles. The van der Waals surface area contributed by atoms with E-state index < -0.39 is 0 Å². The zero-order valence-electron chi connectivity index (χ0n) is 14.9. The van der Waals surface area contributed by atoms with Crippen LogP contribution in [0.1, 0.15) is 30.9 Å². The fraction of sp³-hybridized carbons (Fsp3) is 0.250. The van der Waals surface area contributed by atoms with Crippen LogP contribution in [0, 0.1) is 0 Å². The third kappa shape index (κ3) is 3.46. The van der Waals surface area contributed by atoms with Gasteiger partial charge in [-0.1, -0.05) is 49.4 Å². The third-order valence-corrected chi connectivity index (χ3v) is 5.28. The van der Waals surface area contributed by atoms with Gasteiger partial charge in [0.2, 0.25) is 10.1 Å². The monoisotopic (exact) mass is 363 g/mol. The molecule has 3 aromatic heterocycles. The Kier molecular flexibility index (Phi) is 4.67. The molecule has 0 aliphatic carbocycles. The van der Waals surface area contributed by atoms with Crippen LogP contribution in [-0.2, 0) is 6.42 Å². The van der Waals surface area contributed by atoms with Gasteiger partial charge in [-0.25, -0.2) is 9.50 Å². The molecule has 0 unspecified atom stereocenters. The van der Waals surface area contributed by atoms with Crippen molar-refractivity contribution < 1.29 is 0 Å². The van der Waals surface area contributed by atoms with E-state index in [0.717, 1.165) is 34.3 Å². The first-order valence-electron chi connectivity index (χ1n) is 8.78. The Hall–Kier alpha value is -2.73. The molecule has 0 atom stereocenters. The van der Waals surface area contributed by atoms with Crippen LogP contribution in [0.2, 0.25) is 0 Å². The van der Waals surface area contributed by atoms with Gasteiger partial charge in [0.15, 0.2) is 0 Å². The summed E-state index contributed by atoms with van der Waals surface area (Å²) in [4.78, 5) is 9.46. The predicted molar refractivity (Wildman–Crippen MR) is 107 cm³/mol. The second-order valence-corrected chi connectivity index (χ2v) is 7.51. The molecule has 1 N–H and O–H groups in total. The van der Waals surface area contributed by atoms with Crippen LogP contribution in [0.15, 0.2) is 55.0 Å². The largest absolute Gasteiger partial charge is 0.360 e. The van der Waals surface area contributed by atoms with Crippen LogP contribution >= 0.6 is 11.3 Å². The fourth-order valence-corrected chi connectivity index (χ4v) is 3.66. The van der Waals surface area contributed by atoms with Gasteiger partial charge in [0.05, 0.1) is 11.9 Å². The maximum Gasteiger partial charge on any atom is 0.214 e. The van der Waals surface area contributed by atoms with Crippen molar-refractivity contribution >= 4 is 21.4 Å². The van der Waals surface area contributed by atoms with Crippen molar-refractivity contribution in [1.82, 2.24) is 19.6 Å². The summed E-state index contributed by atoms with van der Waals surface area (Å²) in [6.45, 7) is 5.24. The van der Waals surface area contributed by atoms with Gasteiger partial charge < -0.3 is 5.32 Å². The van der Waals surface area contributed by atoms with Crippen LogP contribution in [-0.4, -0.2) is 26.1 Å². The Morgan fingerprint density at radius 1 is 1.08 bits per heavy atom. The minimum atomic E-state index is 0.532. The molecule has 4 aromatic rings. The molecule has 0 saturated carbocycles. The second-order valence-electron chi connectivity index (χ2n) is 6.55. The van der Waals surface area contributed by atoms with Crippen molar-refractivity contribution in [2.24, 2.45) is 0 Å². The lowest BCUT2D eigenvalue weighted by molar-refractivity contribution is 0.866. The highest BCUT2D eigenvalue weighted by atomic mass is 32.1. The number of benzene rings is 1. The summed E-state index contributed by atoms with van der Waals surface area (Å²) in [5.41, 5.74) is 4.76. The lowest BCUT2D eigenvalue weighted by Crippen LogP contribution is -2.05. The molecule has 0 bridgehead atoms. The molecule has 26 heavy (non-hydrogen) atoms. The van der Waals surface area contributed by atoms with E-state index in [9.17, 15) is 0 Å². The molecular weight excluding hydrogens is 342 g/mol. The van der Waals surface area contributed by atoms with E-state index in [1.807, 2.05) is 35.2 Å². The Morgan fingerprint density at radius 3 is 2.58 bits per heavy atom. The molecule has 3 heterocycles. The topological polar surface area (TPSA) is 55.1 Å². The van der Waals surface area contributed by atoms with E-state index in [1.165, 1.54) is 11.1 Å². The SMILES string of the molecule is CC(C)c1ccc(-c2cnc3sc(NCCc4ccncc4)nn23)cc1. The highest BCUT2D eigenvalue weighted by Crippen LogP contribution is 2.27. The summed E-state index contributed by atoms with van der Waals surface area (Å²) in [6, 6.07) is 12.7. The van der Waals surface area contributed by atoms with Crippen LogP contribution in [0.25, 0.3) is 16.2 Å². The molecule has 132 valence electrons. The maximum atomic E-state index is 4.69. The van der Waals surface area contributed by atoms with Crippen molar-refractivity contribution in [2.75, 3.05) is 11.9 Å². The van der Waals surface area contributed by atoms with Gasteiger partial charge >= 0.3 is 0 Å². The number of hydrogen-bond acceptors (Lipinski definition) is 5. The van der Waals surface area contributed by atoms with Crippen LogP contribution < -0.4 is 5.32 Å². The number of aromatic nitrogens is 4. The Morgan fingerprint density at radius 2 is 1.85 bits per heavy atom. The predicted octanol–water partition coefficient (Wildman–Crippen LogP) is 4.63. The van der Waals surface area contributed by atoms with Gasteiger partial charge in [-0.2, -0.15) is 0 Å². The fourth-order valence-electron chi connectivity index (χ4n) is 2.86. The van der Waals surface area contributed by atoms with E-state index in [-0.39, 0.29) is 0 Å². The molecule has 4 rings (SSSR count). The summed E-state index contributed by atoms with van der Waals surface area (Å²) >= 11 is 1.57. The van der Waals surface area contributed by atoms with E-state index in [1.54, 1.807) is 11.3 Å². The van der Waals surface area contributed by atoms with Gasteiger partial charge in [-0.05, 0) is 35.6 Å². The number of fused-ring (bicyclic) bond motifs is 1. The van der Waals surface area contributed by atoms with Gasteiger partial charge in [-0.3, -0.25) is 4.98 Å². The molecular formula is C20H21N5S. The molecule has 0 spiro atoms. The first-order valence-corrected chi connectivity index (χ1v) is 9.60. The average molecular weight is 363 g/mol. The van der Waals surface area contributed by atoms with E-state index in [0.29, 0.717) is 5.92 Å². The smallest absolute Gasteiger partial charge is 0.214 e. The minimum absolute atomic E-state index is 0.532. The van der Waals surface area contributed by atoms with Crippen LogP contribution in [0.5, 0.6) is 0 Å². The van der Waals surface area contributed by atoms with Crippen LogP contribution in [0.3, 0.4) is 0 Å². The van der Waals surface area contributed by atoms with Gasteiger partial charge in [0, 0.05) is 24.5 Å². The zero-order valence-corrected chi connectivity index (χ0v) is 15.7. The molecule has 0 aliphatic heterocycles. The number of anilines is 1. The van der Waals surface area contributed by atoms with E-state index in [2.05, 4.69) is 58.5 Å². The molecule has 0 fully saturated rings. The van der Waals surface area contributed by atoms with Gasteiger partial charge in [0.1, 0.15) is 0 Å². The summed E-state index contributed by atoms with van der Waals surface area (Å²) in [5.74, 6) is 0.532. The minimum Gasteiger partial charge on any atom is -0.360 e. The summed E-state index contributed by atoms with van der Waals surface area (Å²) < 4.78 is 1.92. The lowest BCUT2D eigenvalue weighted by Gasteiger charge is -2.06. The van der Waals surface area contributed by atoms with Gasteiger partial charge in [-0.15, -0.1) is 5.10 Å². The molecule has 5 nitrogen and oxygen atoms in total. The molecule has 0 amide bonds. The van der Waals surface area contributed by atoms with Gasteiger partial charge in [0.25, 0.3) is 0 Å². The second kappa shape index (κ2) is 7.25. The standard InChI is InChI=1S/C20H21N5S/c1-14(2)16-3-5-17(6-4-16)18-13-23-20-25(18)24-19(26-20)22-12-9-15-7-10-21-11-8-15/h3-8,10-11,13-14H,9,12H2,1-2H3,(H,22,24). The van der Waals surface area contributed by atoms with Crippen molar-refractivity contribution in [3.63, 3.8) is 0 Å². The first-order chi connectivity index (χ1) is 12.7. The first kappa shape index (κ1) is 16.7. The highest BCUT2D eigenvalue weighted by Gasteiger charge is 2.11. The Balaban J connectivity index is 1.49. The van der Waals surface area contributed by atoms with Crippen LogP contribution in [0.4, 0.5) is 5.13 Å². The third-order valence-electron chi connectivity index (χ3n) is 4.40. The summed E-state index contributed by atoms with van der Waals surface area (Å²) in [6.07, 6.45) is 6.48. The normalized spacial score (nSPS) is 11.3. The summed E-state index contributed by atoms with van der Waals surface area (Å²) in [7, 11) is 0. The van der Waals surface area contributed by atoms with Crippen molar-refractivity contribution in [3.05, 3.63) is 66.1 Å². The number of nitrogens with zero attached hydrogens (tertiary/aromatic N) is 4. The average Bonchev–Trinajstić information content (AvgIpc) is 3.23. The number of pyridine rings is 1. The quantitative estimate of drug-likeness (QED) is 0.543. The maximum absolute atomic E-state index is 4.69. The lowest BCUT2D eigenvalue weighted by atomic mass is 10.0. The number of hydrogen-bond donors (Lipinski definition) is 1. The van der Waals surface area contributed by atoms with E-state index >= 15 is 0 Å². The molecule has 0 saturated heterocycles. The van der Waals surface area contributed by atoms with E-state index in [4.69, 9.17) is 0 Å².